The number of aromatic amines is 1. The molecule has 0 spiro atoms. The highest BCUT2D eigenvalue weighted by Gasteiger charge is 2.40. The molecular weight excluding hydrogens is 378 g/mol. The van der Waals surface area contributed by atoms with Crippen molar-refractivity contribution in [3.05, 3.63) is 17.0 Å². The van der Waals surface area contributed by atoms with Crippen molar-refractivity contribution in [2.45, 2.75) is 85.2 Å². The third-order valence-corrected chi connectivity index (χ3v) is 7.06. The molecule has 2 N–H and O–H groups in total. The summed E-state index contributed by atoms with van der Waals surface area (Å²) in [5, 5.41) is 10.5. The second-order valence-electron chi connectivity index (χ2n) is 9.77. The van der Waals surface area contributed by atoms with E-state index < -0.39 is 5.41 Å². The van der Waals surface area contributed by atoms with Crippen LogP contribution < -0.4 is 5.32 Å². The Morgan fingerprint density at radius 3 is 2.53 bits per heavy atom. The number of amides is 2. The largest absolute Gasteiger partial charge is 0.353 e. The molecule has 0 aromatic carbocycles. The average molecular weight is 418 g/mol. The zero-order valence-corrected chi connectivity index (χ0v) is 19.4. The van der Waals surface area contributed by atoms with Gasteiger partial charge in [-0.15, -0.1) is 0 Å². The van der Waals surface area contributed by atoms with Crippen LogP contribution in [-0.2, 0) is 16.0 Å². The van der Waals surface area contributed by atoms with E-state index in [4.69, 9.17) is 0 Å². The van der Waals surface area contributed by atoms with E-state index in [0.717, 1.165) is 62.3 Å². The number of carbonyl (C=O) groups is 2. The molecule has 2 amide bonds. The van der Waals surface area contributed by atoms with Gasteiger partial charge in [0, 0.05) is 50.4 Å². The van der Waals surface area contributed by atoms with Crippen LogP contribution >= 0.6 is 0 Å². The van der Waals surface area contributed by atoms with E-state index in [1.807, 2.05) is 25.7 Å². The van der Waals surface area contributed by atoms with Crippen LogP contribution in [0.5, 0.6) is 0 Å². The lowest BCUT2D eigenvalue weighted by molar-refractivity contribution is -0.141. The highest BCUT2D eigenvalue weighted by atomic mass is 16.2. The van der Waals surface area contributed by atoms with Crippen LogP contribution in [-0.4, -0.2) is 70.1 Å². The van der Waals surface area contributed by atoms with Crippen molar-refractivity contribution in [1.82, 2.24) is 25.3 Å². The Labute approximate surface area is 181 Å². The van der Waals surface area contributed by atoms with Crippen LogP contribution in [0, 0.1) is 19.3 Å². The minimum Gasteiger partial charge on any atom is -0.353 e. The minimum absolute atomic E-state index is 0.115. The summed E-state index contributed by atoms with van der Waals surface area (Å²) >= 11 is 0. The Bertz CT molecular complexity index is 731. The number of hydrogen-bond donors (Lipinski definition) is 2. The minimum atomic E-state index is -0.495. The summed E-state index contributed by atoms with van der Waals surface area (Å²) in [6.45, 7) is 13.8. The van der Waals surface area contributed by atoms with Crippen molar-refractivity contribution < 1.29 is 9.59 Å². The maximum absolute atomic E-state index is 13.1. The number of piperidine rings is 2. The Balaban J connectivity index is 1.52. The molecule has 168 valence electrons. The second-order valence-corrected chi connectivity index (χ2v) is 9.77. The van der Waals surface area contributed by atoms with Gasteiger partial charge in [-0.3, -0.25) is 14.7 Å². The fourth-order valence-electron chi connectivity index (χ4n) is 4.89. The molecule has 3 rings (SSSR count). The highest BCUT2D eigenvalue weighted by Crippen LogP contribution is 2.31. The number of H-pyrrole nitrogens is 1. The number of nitrogens with one attached hydrogen (secondary N) is 2. The first-order valence-electron chi connectivity index (χ1n) is 11.5. The lowest BCUT2D eigenvalue weighted by Crippen LogP contribution is -2.55. The monoisotopic (exact) mass is 417 g/mol. The van der Waals surface area contributed by atoms with Gasteiger partial charge in [-0.1, -0.05) is 0 Å². The Morgan fingerprint density at radius 1 is 1.23 bits per heavy atom. The smallest absolute Gasteiger partial charge is 0.227 e. The molecule has 2 saturated heterocycles. The van der Waals surface area contributed by atoms with Gasteiger partial charge in [-0.2, -0.15) is 5.10 Å². The zero-order valence-electron chi connectivity index (χ0n) is 19.4. The van der Waals surface area contributed by atoms with E-state index in [1.54, 1.807) is 0 Å². The third-order valence-electron chi connectivity index (χ3n) is 7.06. The Hall–Kier alpha value is -1.89. The van der Waals surface area contributed by atoms with Gasteiger partial charge in [0.1, 0.15) is 0 Å². The van der Waals surface area contributed by atoms with Gasteiger partial charge in [0.2, 0.25) is 11.8 Å². The molecule has 0 radical (unpaired) electrons. The van der Waals surface area contributed by atoms with Crippen molar-refractivity contribution in [3.63, 3.8) is 0 Å². The molecule has 2 aliphatic rings. The lowest BCUT2D eigenvalue weighted by Gasteiger charge is -2.41. The molecule has 0 bridgehead atoms. The fraction of sp³-hybridized carbons (Fsp3) is 0.783. The fourth-order valence-corrected chi connectivity index (χ4v) is 4.89. The first-order valence-corrected chi connectivity index (χ1v) is 11.5. The molecule has 0 aliphatic carbocycles. The molecule has 2 fully saturated rings. The van der Waals surface area contributed by atoms with E-state index in [2.05, 4.69) is 34.3 Å². The van der Waals surface area contributed by atoms with Crippen LogP contribution in [0.15, 0.2) is 0 Å². The zero-order chi connectivity index (χ0) is 21.9. The van der Waals surface area contributed by atoms with E-state index in [1.165, 1.54) is 0 Å². The third kappa shape index (κ3) is 5.23. The maximum atomic E-state index is 13.1. The predicted molar refractivity (Wildman–Crippen MR) is 118 cm³/mol. The van der Waals surface area contributed by atoms with Gasteiger partial charge in [-0.25, -0.2) is 0 Å². The van der Waals surface area contributed by atoms with E-state index in [0.29, 0.717) is 25.4 Å². The van der Waals surface area contributed by atoms with Crippen LogP contribution in [0.1, 0.15) is 69.8 Å². The number of carbonyl (C=O) groups excluding carboxylic acids is 2. The number of aromatic nitrogens is 2. The highest BCUT2D eigenvalue weighted by molar-refractivity contribution is 5.84. The average Bonchev–Trinajstić information content (AvgIpc) is 3.04. The summed E-state index contributed by atoms with van der Waals surface area (Å²) in [6.07, 6.45) is 4.89. The molecular formula is C23H39N5O2. The molecule has 7 heteroatoms. The predicted octanol–water partition coefficient (Wildman–Crippen LogP) is 2.58. The number of likely N-dealkylation sites (tertiary alicyclic amines) is 2. The summed E-state index contributed by atoms with van der Waals surface area (Å²) in [5.41, 5.74) is 2.64. The molecule has 0 unspecified atom stereocenters. The van der Waals surface area contributed by atoms with Crippen molar-refractivity contribution in [2.24, 2.45) is 5.41 Å². The van der Waals surface area contributed by atoms with Crippen LogP contribution in [0.2, 0.25) is 0 Å². The number of hydrogen-bond acceptors (Lipinski definition) is 4. The first-order chi connectivity index (χ1) is 14.2. The van der Waals surface area contributed by atoms with E-state index in [9.17, 15) is 9.59 Å². The Morgan fingerprint density at radius 2 is 1.93 bits per heavy atom. The molecule has 7 nitrogen and oxygen atoms in total. The summed E-state index contributed by atoms with van der Waals surface area (Å²) in [7, 11) is 0. The van der Waals surface area contributed by atoms with Gasteiger partial charge in [0.25, 0.3) is 0 Å². The van der Waals surface area contributed by atoms with Gasteiger partial charge < -0.3 is 15.1 Å². The van der Waals surface area contributed by atoms with Crippen molar-refractivity contribution in [1.29, 1.82) is 0 Å². The van der Waals surface area contributed by atoms with Gasteiger partial charge in [0.15, 0.2) is 0 Å². The van der Waals surface area contributed by atoms with Crippen LogP contribution in [0.25, 0.3) is 0 Å². The topological polar surface area (TPSA) is 81.3 Å². The second kappa shape index (κ2) is 9.50. The normalized spacial score (nSPS) is 23.7. The van der Waals surface area contributed by atoms with Crippen molar-refractivity contribution >= 4 is 11.8 Å². The standard InChI is InChI=1S/C23H39N5O2/c1-16(2)27-13-9-19(10-14-27)24-22(30)23(5)11-6-12-28(15-23)21(29)8-7-20-17(3)25-26-18(20)4/h16,19H,6-15H2,1-5H3,(H,24,30)(H,25,26)/t23-/m1/s1. The van der Waals surface area contributed by atoms with Crippen LogP contribution in [0.3, 0.4) is 0 Å². The summed E-state index contributed by atoms with van der Waals surface area (Å²) in [5.74, 6) is 0.253. The summed E-state index contributed by atoms with van der Waals surface area (Å²) in [6, 6.07) is 0.814. The molecule has 30 heavy (non-hydrogen) atoms. The maximum Gasteiger partial charge on any atom is 0.227 e. The van der Waals surface area contributed by atoms with Gasteiger partial charge in [0.05, 0.1) is 11.1 Å². The first kappa shape index (κ1) is 22.8. The van der Waals surface area contributed by atoms with Gasteiger partial charge >= 0.3 is 0 Å². The molecule has 0 saturated carbocycles. The van der Waals surface area contributed by atoms with E-state index >= 15 is 0 Å². The lowest BCUT2D eigenvalue weighted by atomic mass is 9.80. The Kier molecular flexibility index (Phi) is 7.22. The van der Waals surface area contributed by atoms with Crippen molar-refractivity contribution in [2.75, 3.05) is 26.2 Å². The summed E-state index contributed by atoms with van der Waals surface area (Å²) < 4.78 is 0. The van der Waals surface area contributed by atoms with Crippen LogP contribution in [0.4, 0.5) is 0 Å². The van der Waals surface area contributed by atoms with Gasteiger partial charge in [-0.05, 0) is 72.3 Å². The molecule has 1 atom stereocenters. The summed E-state index contributed by atoms with van der Waals surface area (Å²) in [4.78, 5) is 30.4. The number of aryl methyl sites for hydroxylation is 2. The SMILES string of the molecule is Cc1n[nH]c(C)c1CCC(=O)N1CCC[C@@](C)(C(=O)NC2CCN(C(C)C)CC2)C1. The molecule has 1 aromatic rings. The van der Waals surface area contributed by atoms with Crippen molar-refractivity contribution in [3.8, 4) is 0 Å². The molecule has 1 aromatic heterocycles. The van der Waals surface area contributed by atoms with E-state index in [-0.39, 0.29) is 17.9 Å². The number of nitrogens with zero attached hydrogens (tertiary/aromatic N) is 3. The molecule has 2 aliphatic heterocycles. The molecule has 3 heterocycles. The number of rotatable bonds is 6. The quantitative estimate of drug-likeness (QED) is 0.745.